The Bertz CT molecular complexity index is 620. The minimum Gasteiger partial charge on any atom is -0.453 e. The second kappa shape index (κ2) is 5.50. The molecular formula is C16H16N3OS. The predicted molar refractivity (Wildman–Crippen MR) is 83.4 cm³/mol. The fraction of sp³-hybridized carbons (Fsp3) is 0.312. The second-order valence-electron chi connectivity index (χ2n) is 5.20. The first-order chi connectivity index (χ1) is 10.4. The molecule has 4 rings (SSSR count). The Hall–Kier alpha value is -1.85. The summed E-state index contributed by atoms with van der Waals surface area (Å²) in [7, 11) is 0. The second-order valence-corrected chi connectivity index (χ2v) is 6.09. The van der Waals surface area contributed by atoms with Crippen molar-refractivity contribution >= 4 is 22.8 Å². The summed E-state index contributed by atoms with van der Waals surface area (Å²) in [5.41, 5.74) is 2.93. The number of hydrogen-bond acceptors (Lipinski definition) is 5. The number of rotatable bonds is 3. The molecule has 0 amide bonds. The molecule has 0 aliphatic carbocycles. The number of thiazole rings is 1. The molecule has 4 nitrogen and oxygen atoms in total. The summed E-state index contributed by atoms with van der Waals surface area (Å²) in [6.07, 6.45) is 7.61. The van der Waals surface area contributed by atoms with Crippen LogP contribution in [0, 0.1) is 6.20 Å². The van der Waals surface area contributed by atoms with Crippen molar-refractivity contribution in [2.75, 3.05) is 18.0 Å². The van der Waals surface area contributed by atoms with Crippen molar-refractivity contribution in [3.05, 3.63) is 53.1 Å². The molecular weight excluding hydrogens is 282 g/mol. The Morgan fingerprint density at radius 3 is 2.71 bits per heavy atom. The van der Waals surface area contributed by atoms with Gasteiger partial charge < -0.3 is 4.74 Å². The van der Waals surface area contributed by atoms with E-state index in [0.717, 1.165) is 29.4 Å². The SMILES string of the molecule is [C]1=C(c2cncs2)OC(N2CCCC2)N1c1ccccc1. The molecule has 0 spiro atoms. The van der Waals surface area contributed by atoms with Crippen LogP contribution in [-0.2, 0) is 4.74 Å². The molecule has 0 saturated carbocycles. The summed E-state index contributed by atoms with van der Waals surface area (Å²) in [6.45, 7) is 2.15. The van der Waals surface area contributed by atoms with Crippen molar-refractivity contribution in [1.82, 2.24) is 9.88 Å². The van der Waals surface area contributed by atoms with Gasteiger partial charge in [-0.15, -0.1) is 11.3 Å². The highest BCUT2D eigenvalue weighted by molar-refractivity contribution is 7.10. The van der Waals surface area contributed by atoms with Crippen molar-refractivity contribution in [3.63, 3.8) is 0 Å². The van der Waals surface area contributed by atoms with Gasteiger partial charge in [0, 0.05) is 25.0 Å². The third kappa shape index (κ3) is 2.43. The minimum absolute atomic E-state index is 0.0907. The van der Waals surface area contributed by atoms with Gasteiger partial charge in [0.05, 0.1) is 10.4 Å². The molecule has 107 valence electrons. The highest BCUT2D eigenvalue weighted by Gasteiger charge is 2.35. The Labute approximate surface area is 128 Å². The van der Waals surface area contributed by atoms with Crippen molar-refractivity contribution in [2.24, 2.45) is 0 Å². The first-order valence-corrected chi connectivity index (χ1v) is 8.07. The Kier molecular flexibility index (Phi) is 3.37. The van der Waals surface area contributed by atoms with Crippen LogP contribution in [0.4, 0.5) is 5.69 Å². The Morgan fingerprint density at radius 2 is 2.00 bits per heavy atom. The number of anilines is 1. The van der Waals surface area contributed by atoms with Gasteiger partial charge in [-0.25, -0.2) is 0 Å². The molecule has 21 heavy (non-hydrogen) atoms. The van der Waals surface area contributed by atoms with Crippen molar-refractivity contribution in [3.8, 4) is 0 Å². The van der Waals surface area contributed by atoms with Gasteiger partial charge in [0.2, 0.25) is 6.35 Å². The fourth-order valence-electron chi connectivity index (χ4n) is 2.77. The Balaban J connectivity index is 1.67. The summed E-state index contributed by atoms with van der Waals surface area (Å²) in [6, 6.07) is 10.3. The maximum atomic E-state index is 6.18. The molecule has 5 heteroatoms. The van der Waals surface area contributed by atoms with Crippen LogP contribution in [0.2, 0.25) is 0 Å². The number of hydrogen-bond donors (Lipinski definition) is 0. The van der Waals surface area contributed by atoms with E-state index in [1.165, 1.54) is 12.8 Å². The lowest BCUT2D eigenvalue weighted by Crippen LogP contribution is -2.43. The van der Waals surface area contributed by atoms with E-state index >= 15 is 0 Å². The average Bonchev–Trinajstić information content (AvgIpc) is 3.27. The molecule has 1 saturated heterocycles. The third-order valence-corrected chi connectivity index (χ3v) is 4.58. The molecule has 1 radical (unpaired) electrons. The molecule has 1 fully saturated rings. The van der Waals surface area contributed by atoms with Crippen LogP contribution >= 0.6 is 11.3 Å². The molecule has 0 N–H and O–H groups in total. The van der Waals surface area contributed by atoms with Gasteiger partial charge >= 0.3 is 0 Å². The van der Waals surface area contributed by atoms with Gasteiger partial charge in [0.15, 0.2) is 5.76 Å². The smallest absolute Gasteiger partial charge is 0.237 e. The van der Waals surface area contributed by atoms with Crippen molar-refractivity contribution in [1.29, 1.82) is 0 Å². The monoisotopic (exact) mass is 298 g/mol. The van der Waals surface area contributed by atoms with Gasteiger partial charge in [-0.2, -0.15) is 0 Å². The molecule has 1 aromatic carbocycles. The standard InChI is InChI=1S/C16H16N3OS/c1-2-6-13(7-3-1)19-11-14(15-10-17-12-21-15)20-16(19)18-8-4-5-9-18/h1-3,6-7,10,12,16H,4-5,8-9H2. The van der Waals surface area contributed by atoms with Gasteiger partial charge in [0.1, 0.15) is 6.20 Å². The number of para-hydroxylation sites is 1. The van der Waals surface area contributed by atoms with Crippen molar-refractivity contribution in [2.45, 2.75) is 19.2 Å². The lowest BCUT2D eigenvalue weighted by molar-refractivity contribution is 0.0387. The predicted octanol–water partition coefficient (Wildman–Crippen LogP) is 3.16. The van der Waals surface area contributed by atoms with Crippen LogP contribution < -0.4 is 4.90 Å². The summed E-state index contributed by atoms with van der Waals surface area (Å²) >= 11 is 1.58. The van der Waals surface area contributed by atoms with Gasteiger partial charge in [-0.05, 0) is 25.0 Å². The maximum Gasteiger partial charge on any atom is 0.237 e. The zero-order chi connectivity index (χ0) is 14.1. The van der Waals surface area contributed by atoms with Crippen LogP contribution in [-0.4, -0.2) is 29.3 Å². The van der Waals surface area contributed by atoms with Crippen LogP contribution in [0.3, 0.4) is 0 Å². The molecule has 2 aromatic rings. The zero-order valence-electron chi connectivity index (χ0n) is 11.6. The van der Waals surface area contributed by atoms with Gasteiger partial charge in [0.25, 0.3) is 0 Å². The van der Waals surface area contributed by atoms with Gasteiger partial charge in [-0.1, -0.05) is 18.2 Å². The number of nitrogens with zero attached hydrogens (tertiary/aromatic N) is 3. The van der Waals surface area contributed by atoms with Crippen LogP contribution in [0.15, 0.2) is 42.0 Å². The molecule has 1 atom stereocenters. The first-order valence-electron chi connectivity index (χ1n) is 7.19. The first kappa shape index (κ1) is 12.9. The zero-order valence-corrected chi connectivity index (χ0v) is 12.4. The topological polar surface area (TPSA) is 28.6 Å². The number of benzene rings is 1. The van der Waals surface area contributed by atoms with Crippen LogP contribution in [0.5, 0.6) is 0 Å². The summed E-state index contributed by atoms with van der Waals surface area (Å²) in [5, 5.41) is 0. The molecule has 2 aliphatic heterocycles. The fourth-order valence-corrected chi connectivity index (χ4v) is 3.33. The van der Waals surface area contributed by atoms with E-state index in [-0.39, 0.29) is 6.35 Å². The highest BCUT2D eigenvalue weighted by Crippen LogP contribution is 2.34. The normalized spacial score (nSPS) is 22.4. The van der Waals surface area contributed by atoms with E-state index in [4.69, 9.17) is 4.74 Å². The van der Waals surface area contributed by atoms with Gasteiger partial charge in [-0.3, -0.25) is 14.8 Å². The maximum absolute atomic E-state index is 6.18. The van der Waals surface area contributed by atoms with E-state index in [0.29, 0.717) is 0 Å². The van der Waals surface area contributed by atoms with E-state index in [1.54, 1.807) is 11.3 Å². The number of likely N-dealkylation sites (tertiary alicyclic amines) is 1. The summed E-state index contributed by atoms with van der Waals surface area (Å²) in [4.78, 5) is 9.62. The van der Waals surface area contributed by atoms with E-state index < -0.39 is 0 Å². The number of ether oxygens (including phenoxy) is 1. The number of aromatic nitrogens is 1. The highest BCUT2D eigenvalue weighted by atomic mass is 32.1. The summed E-state index contributed by atoms with van der Waals surface area (Å²) < 4.78 is 6.18. The molecule has 1 aromatic heterocycles. The largest absolute Gasteiger partial charge is 0.453 e. The summed E-state index contributed by atoms with van der Waals surface area (Å²) in [5.74, 6) is 0.790. The quantitative estimate of drug-likeness (QED) is 0.870. The minimum atomic E-state index is -0.0907. The lowest BCUT2D eigenvalue weighted by Gasteiger charge is -2.31. The van der Waals surface area contributed by atoms with E-state index in [9.17, 15) is 0 Å². The average molecular weight is 298 g/mol. The van der Waals surface area contributed by atoms with Crippen LogP contribution in [0.25, 0.3) is 5.76 Å². The molecule has 1 unspecified atom stereocenters. The van der Waals surface area contributed by atoms with E-state index in [1.807, 2.05) is 29.9 Å². The molecule has 3 heterocycles. The molecule has 0 bridgehead atoms. The molecule has 2 aliphatic rings. The lowest BCUT2D eigenvalue weighted by atomic mass is 10.3. The van der Waals surface area contributed by atoms with E-state index in [2.05, 4.69) is 33.1 Å². The Morgan fingerprint density at radius 1 is 1.19 bits per heavy atom. The van der Waals surface area contributed by atoms with Crippen LogP contribution in [0.1, 0.15) is 17.7 Å². The van der Waals surface area contributed by atoms with Crippen molar-refractivity contribution < 1.29 is 4.74 Å². The third-order valence-electron chi connectivity index (χ3n) is 3.81.